The highest BCUT2D eigenvalue weighted by Crippen LogP contribution is 2.70. The Morgan fingerprint density at radius 1 is 0.356 bits per heavy atom. The summed E-state index contributed by atoms with van der Waals surface area (Å²) in [5, 5.41) is 1.76. The average molecular weight is 1320 g/mol. The zero-order chi connectivity index (χ0) is 65.0. The Balaban J connectivity index is 0.000000148. The van der Waals surface area contributed by atoms with Crippen LogP contribution in [0.15, 0.2) is 127 Å². The first-order valence-corrected chi connectivity index (χ1v) is 30.4. The molecule has 0 spiro atoms. The second-order valence-electron chi connectivity index (χ2n) is 24.0. The molecule has 9 nitrogen and oxygen atoms in total. The van der Waals surface area contributed by atoms with Crippen molar-refractivity contribution in [3.63, 3.8) is 0 Å². The van der Waals surface area contributed by atoms with Crippen LogP contribution in [0.3, 0.4) is 0 Å². The molecule has 12 rings (SSSR count). The number of benzene rings is 6. The number of halogens is 15. The van der Waals surface area contributed by atoms with E-state index in [0.717, 1.165) is 70.2 Å². The molecular weight excluding hydrogens is 1260 g/mol. The summed E-state index contributed by atoms with van der Waals surface area (Å²) < 4.78 is 166. The Morgan fingerprint density at radius 3 is 0.767 bits per heavy atom. The third-order valence-electron chi connectivity index (χ3n) is 18.6. The standard InChI is InChI=1S/3C22H21ClF4N2O/c3*1-14-2-5-16(23)12-19(14)28-8-10-29(11-9-28)20(30)21(22(25,26)27)13-18(21)15-3-6-17(24)7-4-15/h3*2-7,12,18H,8-11,13H2,1H3/t3*18-,21-/m100/s1. The molecule has 0 bridgehead atoms. The van der Waals surface area contributed by atoms with Gasteiger partial charge in [0.2, 0.25) is 17.7 Å². The number of hydrogen-bond donors (Lipinski definition) is 0. The van der Waals surface area contributed by atoms with E-state index in [0.29, 0.717) is 71.0 Å². The molecule has 6 aromatic carbocycles. The first kappa shape index (κ1) is 66.1. The lowest BCUT2D eigenvalue weighted by Gasteiger charge is -2.39. The molecule has 3 aliphatic carbocycles. The third-order valence-corrected chi connectivity index (χ3v) is 19.3. The van der Waals surface area contributed by atoms with Crippen LogP contribution in [-0.2, 0) is 14.4 Å². The molecule has 0 aromatic heterocycles. The van der Waals surface area contributed by atoms with Crippen LogP contribution in [0.25, 0.3) is 0 Å². The van der Waals surface area contributed by atoms with Crippen molar-refractivity contribution in [1.29, 1.82) is 0 Å². The second-order valence-corrected chi connectivity index (χ2v) is 25.3. The summed E-state index contributed by atoms with van der Waals surface area (Å²) in [6.07, 6.45) is -14.9. The summed E-state index contributed by atoms with van der Waals surface area (Å²) in [6.45, 7) is 9.67. The summed E-state index contributed by atoms with van der Waals surface area (Å²) in [4.78, 5) is 49.2. The van der Waals surface area contributed by atoms with E-state index in [9.17, 15) is 67.1 Å². The average Bonchev–Trinajstić information content (AvgIpc) is 1.56. The van der Waals surface area contributed by atoms with Crippen LogP contribution in [0.2, 0.25) is 15.1 Å². The lowest BCUT2D eigenvalue weighted by molar-refractivity contribution is -0.201. The zero-order valence-corrected chi connectivity index (χ0v) is 51.3. The van der Waals surface area contributed by atoms with Gasteiger partial charge in [0.1, 0.15) is 17.5 Å². The Bertz CT molecular complexity index is 3240. The van der Waals surface area contributed by atoms with Gasteiger partial charge in [0, 0.05) is 128 Å². The van der Waals surface area contributed by atoms with E-state index < -0.39 is 87.7 Å². The molecule has 24 heteroatoms. The minimum absolute atomic E-state index is 0.207. The van der Waals surface area contributed by atoms with Crippen molar-refractivity contribution in [3.8, 4) is 0 Å². The molecule has 6 atom stereocenters. The van der Waals surface area contributed by atoms with E-state index in [-0.39, 0.29) is 58.5 Å². The van der Waals surface area contributed by atoms with Crippen molar-refractivity contribution in [3.05, 3.63) is 193 Å². The number of hydrogen-bond acceptors (Lipinski definition) is 6. The number of anilines is 3. The summed E-state index contributed by atoms with van der Waals surface area (Å²) in [7, 11) is 0. The van der Waals surface area contributed by atoms with Crippen molar-refractivity contribution in [2.75, 3.05) is 93.2 Å². The van der Waals surface area contributed by atoms with Crippen LogP contribution in [0.4, 0.5) is 69.7 Å². The maximum absolute atomic E-state index is 14.0. The van der Waals surface area contributed by atoms with Crippen molar-refractivity contribution >= 4 is 69.6 Å². The molecule has 6 aromatic rings. The van der Waals surface area contributed by atoms with Gasteiger partial charge >= 0.3 is 18.5 Å². The summed E-state index contributed by atoms with van der Waals surface area (Å²) in [5.74, 6) is -7.12. The number of rotatable bonds is 9. The van der Waals surface area contributed by atoms with E-state index in [1.54, 1.807) is 18.2 Å². The Kier molecular flexibility index (Phi) is 18.6. The van der Waals surface area contributed by atoms with Gasteiger partial charge in [0.05, 0.1) is 0 Å². The summed E-state index contributed by atoms with van der Waals surface area (Å²) in [6, 6.07) is 31.3. The third kappa shape index (κ3) is 13.0. The molecule has 90 heavy (non-hydrogen) atoms. The summed E-state index contributed by atoms with van der Waals surface area (Å²) in [5.41, 5.74) is -0.391. The van der Waals surface area contributed by atoms with E-state index in [1.165, 1.54) is 51.1 Å². The van der Waals surface area contributed by atoms with Gasteiger partial charge in [0.25, 0.3) is 0 Å². The molecule has 3 saturated carbocycles. The van der Waals surface area contributed by atoms with Crippen molar-refractivity contribution in [2.45, 2.75) is 76.3 Å². The van der Waals surface area contributed by atoms with Gasteiger partial charge in [-0.3, -0.25) is 14.4 Å². The van der Waals surface area contributed by atoms with Crippen LogP contribution in [0, 0.1) is 54.5 Å². The first-order valence-electron chi connectivity index (χ1n) is 29.3. The van der Waals surface area contributed by atoms with Crippen LogP contribution < -0.4 is 14.7 Å². The quantitative estimate of drug-likeness (QED) is 0.134. The second kappa shape index (κ2) is 25.3. The Hall–Kier alpha value is -6.84. The predicted octanol–water partition coefficient (Wildman–Crippen LogP) is 15.5. The molecule has 3 saturated heterocycles. The first-order chi connectivity index (χ1) is 42.4. The van der Waals surface area contributed by atoms with Crippen LogP contribution in [0.1, 0.15) is 70.4 Å². The Morgan fingerprint density at radius 2 is 0.567 bits per heavy atom. The maximum atomic E-state index is 14.0. The highest BCUT2D eigenvalue weighted by Gasteiger charge is 2.78. The van der Waals surface area contributed by atoms with Gasteiger partial charge < -0.3 is 29.4 Å². The number of carbonyl (C=O) groups excluding carboxylic acids is 3. The molecule has 3 amide bonds. The molecule has 3 aliphatic heterocycles. The fourth-order valence-corrected chi connectivity index (χ4v) is 13.7. The normalized spacial score (nSPS) is 24.1. The number of piperazine rings is 3. The molecular formula is C66H63Cl3F12N6O3. The van der Waals surface area contributed by atoms with Gasteiger partial charge in [-0.25, -0.2) is 13.2 Å². The van der Waals surface area contributed by atoms with Gasteiger partial charge in [0.15, 0.2) is 16.2 Å². The topological polar surface area (TPSA) is 70.7 Å². The van der Waals surface area contributed by atoms with Crippen molar-refractivity contribution in [2.24, 2.45) is 16.2 Å². The highest BCUT2D eigenvalue weighted by molar-refractivity contribution is 6.31. The lowest BCUT2D eigenvalue weighted by Crippen LogP contribution is -2.53. The van der Waals surface area contributed by atoms with Gasteiger partial charge in [-0.1, -0.05) is 89.4 Å². The minimum Gasteiger partial charge on any atom is -0.368 e. The van der Waals surface area contributed by atoms with Crippen LogP contribution in [0.5, 0.6) is 0 Å². The number of alkyl halides is 9. The molecule has 3 heterocycles. The SMILES string of the molecule is Cc1ccc(Cl)cc1N1CCN(C(=O)[C@@]2(C(F)(F)F)C[C@@H]2c2ccc(F)cc2)CC1.Cc1ccc(Cl)cc1N1CCN(C(=O)[C@]2(C(F)(F)F)C[C@H]2c2ccc(F)cc2)CC1.Cc1ccc(Cl)cc1N1CCN(C(=O)[C@]2(C(F)(F)F)C[C@H]2c2ccc(F)cc2)CC1. The van der Waals surface area contributed by atoms with Crippen LogP contribution >= 0.6 is 34.8 Å². The smallest absolute Gasteiger partial charge is 0.368 e. The number of aryl methyl sites for hydroxylation is 3. The zero-order valence-electron chi connectivity index (χ0n) is 49.0. The maximum Gasteiger partial charge on any atom is 0.403 e. The van der Waals surface area contributed by atoms with E-state index >= 15 is 0 Å². The molecule has 0 N–H and O–H groups in total. The molecule has 0 unspecified atom stereocenters. The van der Waals surface area contributed by atoms with Crippen LogP contribution in [-0.4, -0.2) is 129 Å². The van der Waals surface area contributed by atoms with Gasteiger partial charge in [-0.2, -0.15) is 39.5 Å². The number of amides is 3. The molecule has 6 aliphatic rings. The number of carbonyl (C=O) groups is 3. The van der Waals surface area contributed by atoms with Crippen molar-refractivity contribution < 1.29 is 67.1 Å². The molecule has 480 valence electrons. The minimum atomic E-state index is -4.66. The lowest BCUT2D eigenvalue weighted by atomic mass is 9.96. The highest BCUT2D eigenvalue weighted by atomic mass is 35.5. The van der Waals surface area contributed by atoms with E-state index in [4.69, 9.17) is 34.8 Å². The Labute approximate surface area is 528 Å². The monoisotopic (exact) mass is 1320 g/mol. The molecule has 0 radical (unpaired) electrons. The van der Waals surface area contributed by atoms with Crippen molar-refractivity contribution in [1.82, 2.24) is 14.7 Å². The largest absolute Gasteiger partial charge is 0.403 e. The van der Waals surface area contributed by atoms with Gasteiger partial charge in [-0.15, -0.1) is 0 Å². The fraction of sp³-hybridized carbons (Fsp3) is 0.409. The van der Waals surface area contributed by atoms with E-state index in [1.807, 2.05) is 71.9 Å². The van der Waals surface area contributed by atoms with Gasteiger partial charge in [-0.05, 0) is 146 Å². The summed E-state index contributed by atoms with van der Waals surface area (Å²) >= 11 is 18.2. The predicted molar refractivity (Wildman–Crippen MR) is 322 cm³/mol. The molecule has 6 fully saturated rings. The number of nitrogens with zero attached hydrogens (tertiary/aromatic N) is 6. The van der Waals surface area contributed by atoms with E-state index in [2.05, 4.69) is 0 Å². The fourth-order valence-electron chi connectivity index (χ4n) is 13.2.